The summed E-state index contributed by atoms with van der Waals surface area (Å²) in [6.45, 7) is 0. The lowest BCUT2D eigenvalue weighted by Gasteiger charge is -2.08. The number of nitrogens with zero attached hydrogens (tertiary/aromatic N) is 3. The average molecular weight is 328 g/mol. The van der Waals surface area contributed by atoms with Gasteiger partial charge >= 0.3 is 0 Å². The maximum atomic E-state index is 5.64. The Morgan fingerprint density at radius 2 is 1.92 bits per heavy atom. The molecular weight excluding hydrogens is 312 g/mol. The second-order valence-corrected chi connectivity index (χ2v) is 5.57. The predicted molar refractivity (Wildman–Crippen MR) is 101 cm³/mol. The second kappa shape index (κ2) is 6.45. The molecule has 2 aromatic heterocycles. The maximum absolute atomic E-state index is 5.64. The van der Waals surface area contributed by atoms with Gasteiger partial charge in [-0.2, -0.15) is 10.1 Å². The van der Waals surface area contributed by atoms with Crippen molar-refractivity contribution >= 4 is 40.5 Å². The number of hydrogen-bond donors (Lipinski definition) is 3. The molecule has 0 saturated carbocycles. The summed E-state index contributed by atoms with van der Waals surface area (Å²) in [5, 5.41) is 11.5. The molecule has 0 aliphatic carbocycles. The van der Waals surface area contributed by atoms with Crippen molar-refractivity contribution in [1.82, 2.24) is 20.2 Å². The van der Waals surface area contributed by atoms with Gasteiger partial charge in [-0.05, 0) is 23.8 Å². The van der Waals surface area contributed by atoms with E-state index in [1.54, 1.807) is 18.5 Å². The van der Waals surface area contributed by atoms with E-state index in [2.05, 4.69) is 49.8 Å². The smallest absolute Gasteiger partial charge is 0.221 e. The minimum Gasteiger partial charge on any atom is -0.368 e. The Kier molecular flexibility index (Phi) is 3.84. The Bertz CT molecular complexity index is 1040. The van der Waals surface area contributed by atoms with Gasteiger partial charge in [0.1, 0.15) is 5.82 Å². The van der Waals surface area contributed by atoms with E-state index in [0.29, 0.717) is 5.82 Å². The van der Waals surface area contributed by atoms with Crippen molar-refractivity contribution < 1.29 is 0 Å². The van der Waals surface area contributed by atoms with E-state index in [9.17, 15) is 0 Å². The number of anilines is 3. The normalized spacial score (nSPS) is 11.2. The maximum Gasteiger partial charge on any atom is 0.221 e. The first kappa shape index (κ1) is 14.9. The molecule has 0 aliphatic heterocycles. The van der Waals surface area contributed by atoms with E-state index < -0.39 is 0 Å². The van der Waals surface area contributed by atoms with Gasteiger partial charge in [-0.15, -0.1) is 0 Å². The quantitative estimate of drug-likeness (QED) is 0.495. The molecule has 0 amide bonds. The molecule has 0 aliphatic rings. The zero-order valence-electron chi connectivity index (χ0n) is 13.3. The number of fused-ring (bicyclic) bond motifs is 1. The fraction of sp³-hybridized carbons (Fsp3) is 0. The van der Waals surface area contributed by atoms with Crippen LogP contribution in [0.15, 0.2) is 60.9 Å². The highest BCUT2D eigenvalue weighted by Crippen LogP contribution is 2.26. The molecule has 0 fully saturated rings. The molecule has 0 saturated heterocycles. The molecule has 0 radical (unpaired) electrons. The Labute approximate surface area is 144 Å². The van der Waals surface area contributed by atoms with Crippen molar-refractivity contribution in [3.8, 4) is 0 Å². The number of H-pyrrole nitrogens is 1. The third kappa shape index (κ3) is 3.32. The molecular formula is C19H16N6. The van der Waals surface area contributed by atoms with Crippen LogP contribution in [0.4, 0.5) is 17.5 Å². The number of aromatic amines is 1. The Morgan fingerprint density at radius 1 is 1.04 bits per heavy atom. The highest BCUT2D eigenvalue weighted by Gasteiger charge is 2.05. The van der Waals surface area contributed by atoms with Crippen LogP contribution < -0.4 is 11.1 Å². The van der Waals surface area contributed by atoms with Crippen LogP contribution in [0.25, 0.3) is 23.1 Å². The fourth-order valence-electron chi connectivity index (χ4n) is 2.63. The second-order valence-electron chi connectivity index (χ2n) is 5.57. The highest BCUT2D eigenvalue weighted by atomic mass is 15.1. The van der Waals surface area contributed by atoms with E-state index in [1.807, 2.05) is 30.3 Å². The molecule has 0 bridgehead atoms. The van der Waals surface area contributed by atoms with Crippen molar-refractivity contribution in [2.45, 2.75) is 0 Å². The summed E-state index contributed by atoms with van der Waals surface area (Å²) in [5.74, 6) is 0.881. The summed E-state index contributed by atoms with van der Waals surface area (Å²) in [6.07, 6.45) is 7.56. The van der Waals surface area contributed by atoms with Crippen molar-refractivity contribution in [3.05, 3.63) is 72.1 Å². The van der Waals surface area contributed by atoms with Crippen molar-refractivity contribution in [3.63, 3.8) is 0 Å². The van der Waals surface area contributed by atoms with Crippen LogP contribution in [-0.2, 0) is 0 Å². The van der Waals surface area contributed by atoms with Crippen LogP contribution in [0.2, 0.25) is 0 Å². The molecule has 0 spiro atoms. The number of aromatic nitrogens is 4. The lowest BCUT2D eigenvalue weighted by atomic mass is 10.1. The summed E-state index contributed by atoms with van der Waals surface area (Å²) >= 11 is 0. The van der Waals surface area contributed by atoms with E-state index in [1.165, 1.54) is 0 Å². The first-order chi connectivity index (χ1) is 12.3. The molecule has 2 heterocycles. The van der Waals surface area contributed by atoms with Gasteiger partial charge in [0.2, 0.25) is 5.95 Å². The minimum absolute atomic E-state index is 0.235. The third-order valence-corrected chi connectivity index (χ3v) is 3.78. The predicted octanol–water partition coefficient (Wildman–Crippen LogP) is 3.85. The summed E-state index contributed by atoms with van der Waals surface area (Å²) in [4.78, 5) is 8.08. The zero-order chi connectivity index (χ0) is 17.1. The van der Waals surface area contributed by atoms with Crippen LogP contribution in [0.5, 0.6) is 0 Å². The lowest BCUT2D eigenvalue weighted by Crippen LogP contribution is -1.99. The largest absolute Gasteiger partial charge is 0.368 e. The van der Waals surface area contributed by atoms with E-state index >= 15 is 0 Å². The molecule has 4 N–H and O–H groups in total. The highest BCUT2D eigenvalue weighted by molar-refractivity contribution is 5.93. The summed E-state index contributed by atoms with van der Waals surface area (Å²) in [5.41, 5.74) is 9.70. The van der Waals surface area contributed by atoms with Gasteiger partial charge in [-0.3, -0.25) is 5.10 Å². The molecule has 6 heteroatoms. The first-order valence-corrected chi connectivity index (χ1v) is 7.84. The number of rotatable bonds is 4. The van der Waals surface area contributed by atoms with Crippen LogP contribution in [0.1, 0.15) is 11.1 Å². The number of nitrogens with one attached hydrogen (secondary N) is 2. The molecule has 4 rings (SSSR count). The summed E-state index contributed by atoms with van der Waals surface area (Å²) in [7, 11) is 0. The summed E-state index contributed by atoms with van der Waals surface area (Å²) < 4.78 is 0. The van der Waals surface area contributed by atoms with Crippen LogP contribution in [0, 0.1) is 0 Å². The molecule has 2 aromatic carbocycles. The van der Waals surface area contributed by atoms with E-state index in [4.69, 9.17) is 5.73 Å². The average Bonchev–Trinajstić information content (AvgIpc) is 3.09. The standard InChI is InChI=1S/C19H16N6/c20-19-21-9-8-17(24-19)23-16-10-14(18-15(11-16)12-22-25-18)7-6-13-4-2-1-3-5-13/h1-12H,(H,22,25)(H3,20,21,23,24)/b7-6+. The topological polar surface area (TPSA) is 92.5 Å². The van der Waals surface area contributed by atoms with E-state index in [-0.39, 0.29) is 5.95 Å². The van der Waals surface area contributed by atoms with Crippen molar-refractivity contribution in [1.29, 1.82) is 0 Å². The van der Waals surface area contributed by atoms with Gasteiger partial charge in [0, 0.05) is 22.8 Å². The molecule has 122 valence electrons. The van der Waals surface area contributed by atoms with Gasteiger partial charge in [0.15, 0.2) is 0 Å². The fourth-order valence-corrected chi connectivity index (χ4v) is 2.63. The lowest BCUT2D eigenvalue weighted by molar-refractivity contribution is 1.12. The number of nitrogens with two attached hydrogens (primary N) is 1. The van der Waals surface area contributed by atoms with Gasteiger partial charge in [0.25, 0.3) is 0 Å². The molecule has 6 nitrogen and oxygen atoms in total. The van der Waals surface area contributed by atoms with Crippen molar-refractivity contribution in [2.75, 3.05) is 11.1 Å². The third-order valence-electron chi connectivity index (χ3n) is 3.78. The zero-order valence-corrected chi connectivity index (χ0v) is 13.3. The van der Waals surface area contributed by atoms with Gasteiger partial charge < -0.3 is 11.1 Å². The summed E-state index contributed by atoms with van der Waals surface area (Å²) in [6, 6.07) is 16.0. The van der Waals surface area contributed by atoms with Crippen LogP contribution in [-0.4, -0.2) is 20.2 Å². The SMILES string of the molecule is Nc1nccc(Nc2cc(/C=C/c3ccccc3)c3[nH]ncc3c2)n1. The monoisotopic (exact) mass is 328 g/mol. The number of benzene rings is 2. The van der Waals surface area contributed by atoms with Gasteiger partial charge in [-0.25, -0.2) is 4.98 Å². The number of hydrogen-bond acceptors (Lipinski definition) is 5. The van der Waals surface area contributed by atoms with Crippen molar-refractivity contribution in [2.24, 2.45) is 0 Å². The van der Waals surface area contributed by atoms with Crippen LogP contribution >= 0.6 is 0 Å². The first-order valence-electron chi connectivity index (χ1n) is 7.84. The Morgan fingerprint density at radius 3 is 2.76 bits per heavy atom. The van der Waals surface area contributed by atoms with Gasteiger partial charge in [-0.1, -0.05) is 42.5 Å². The molecule has 0 atom stereocenters. The molecule has 25 heavy (non-hydrogen) atoms. The van der Waals surface area contributed by atoms with E-state index in [0.717, 1.165) is 27.7 Å². The number of nitrogen functional groups attached to an aromatic ring is 1. The Hall–Kier alpha value is -3.67. The van der Waals surface area contributed by atoms with Crippen LogP contribution in [0.3, 0.4) is 0 Å². The minimum atomic E-state index is 0.235. The van der Waals surface area contributed by atoms with Gasteiger partial charge in [0.05, 0.1) is 11.7 Å². The Balaban J connectivity index is 1.71. The molecule has 4 aromatic rings. The molecule has 0 unspecified atom stereocenters.